The highest BCUT2D eigenvalue weighted by atomic mass is 16.5. The molecule has 0 heterocycles. The summed E-state index contributed by atoms with van der Waals surface area (Å²) in [7, 11) is 0. The zero-order chi connectivity index (χ0) is 23.1. The largest absolute Gasteiger partial charge is 0.478 e. The first-order valence-electron chi connectivity index (χ1n) is 12.4. The lowest BCUT2D eigenvalue weighted by molar-refractivity contribution is 0.0370. The van der Waals surface area contributed by atoms with E-state index in [0.29, 0.717) is 6.42 Å². The maximum absolute atomic E-state index is 12.2. The van der Waals surface area contributed by atoms with E-state index in [9.17, 15) is 14.7 Å². The van der Waals surface area contributed by atoms with Crippen LogP contribution < -0.4 is 0 Å². The van der Waals surface area contributed by atoms with Crippen molar-refractivity contribution in [1.29, 1.82) is 0 Å². The number of aryl methyl sites for hydroxylation is 1. The highest BCUT2D eigenvalue weighted by molar-refractivity contribution is 6.03. The van der Waals surface area contributed by atoms with Crippen LogP contribution in [0.15, 0.2) is 18.2 Å². The maximum atomic E-state index is 12.2. The minimum atomic E-state index is -1.06. The topological polar surface area (TPSA) is 63.6 Å². The number of unbranched alkanes of at least 4 members (excludes halogenated alkanes) is 10. The Morgan fingerprint density at radius 3 is 1.81 bits per heavy atom. The lowest BCUT2D eigenvalue weighted by atomic mass is 9.96. The lowest BCUT2D eigenvalue weighted by Gasteiger charge is -2.13. The molecule has 0 unspecified atom stereocenters. The minimum absolute atomic E-state index is 0.0987. The third-order valence-corrected chi connectivity index (χ3v) is 5.65. The summed E-state index contributed by atoms with van der Waals surface area (Å²) >= 11 is 0. The molecule has 1 N–H and O–H groups in total. The van der Waals surface area contributed by atoms with Crippen LogP contribution in [0.3, 0.4) is 0 Å². The Morgan fingerprint density at radius 1 is 0.806 bits per heavy atom. The van der Waals surface area contributed by atoms with E-state index in [4.69, 9.17) is 4.74 Å². The van der Waals surface area contributed by atoms with Gasteiger partial charge in [-0.25, -0.2) is 9.59 Å². The van der Waals surface area contributed by atoms with Crippen LogP contribution in [0.4, 0.5) is 0 Å². The van der Waals surface area contributed by atoms with Crippen LogP contribution >= 0.6 is 0 Å². The zero-order valence-corrected chi connectivity index (χ0v) is 20.3. The second kappa shape index (κ2) is 15.9. The van der Waals surface area contributed by atoms with Crippen molar-refractivity contribution in [3.05, 3.63) is 34.9 Å². The molecule has 0 fully saturated rings. The van der Waals surface area contributed by atoms with Crippen LogP contribution in [0.2, 0.25) is 0 Å². The highest BCUT2D eigenvalue weighted by Crippen LogP contribution is 2.20. The van der Waals surface area contributed by atoms with Crippen LogP contribution in [-0.4, -0.2) is 23.1 Å². The normalized spacial score (nSPS) is 11.3. The van der Waals surface area contributed by atoms with Crippen molar-refractivity contribution < 1.29 is 19.4 Å². The number of benzene rings is 1. The summed E-state index contributed by atoms with van der Waals surface area (Å²) in [5.74, 6) is -0.786. The summed E-state index contributed by atoms with van der Waals surface area (Å²) in [6.07, 6.45) is 15.7. The fourth-order valence-corrected chi connectivity index (χ4v) is 3.97. The lowest BCUT2D eigenvalue weighted by Crippen LogP contribution is -2.17. The number of carbonyl (C=O) groups excluding carboxylic acids is 1. The molecule has 1 rings (SSSR count). The van der Waals surface area contributed by atoms with Gasteiger partial charge in [-0.2, -0.15) is 0 Å². The van der Waals surface area contributed by atoms with Gasteiger partial charge in [-0.1, -0.05) is 96.6 Å². The fourth-order valence-electron chi connectivity index (χ4n) is 3.97. The zero-order valence-electron chi connectivity index (χ0n) is 20.3. The molecule has 0 atom stereocenters. The molecule has 0 amide bonds. The van der Waals surface area contributed by atoms with Gasteiger partial charge in [-0.15, -0.1) is 0 Å². The van der Waals surface area contributed by atoms with Gasteiger partial charge in [0, 0.05) is 0 Å². The van der Waals surface area contributed by atoms with E-state index in [1.165, 1.54) is 64.2 Å². The Bertz CT molecular complexity index is 649. The van der Waals surface area contributed by atoms with E-state index in [2.05, 4.69) is 13.8 Å². The Morgan fingerprint density at radius 2 is 1.32 bits per heavy atom. The fraction of sp³-hybridized carbons (Fsp3) is 0.704. The van der Waals surface area contributed by atoms with Crippen molar-refractivity contribution in [1.82, 2.24) is 0 Å². The number of rotatable bonds is 17. The van der Waals surface area contributed by atoms with Gasteiger partial charge in [-0.05, 0) is 44.2 Å². The number of aromatic carboxylic acids is 1. The molecule has 31 heavy (non-hydrogen) atoms. The number of carbonyl (C=O) groups is 2. The molecule has 0 aliphatic heterocycles. The Balaban J connectivity index is 2.25. The molecule has 1 aromatic carbocycles. The number of esters is 1. The van der Waals surface area contributed by atoms with Gasteiger partial charge in [0.1, 0.15) is 0 Å². The summed E-state index contributed by atoms with van der Waals surface area (Å²) in [6.45, 7) is 8.12. The van der Waals surface area contributed by atoms with E-state index >= 15 is 0 Å². The number of ether oxygens (including phenoxy) is 1. The van der Waals surface area contributed by atoms with Gasteiger partial charge in [-0.3, -0.25) is 0 Å². The van der Waals surface area contributed by atoms with Crippen LogP contribution in [0.1, 0.15) is 131 Å². The van der Waals surface area contributed by atoms with Gasteiger partial charge in [0.15, 0.2) is 0 Å². The van der Waals surface area contributed by atoms with Crippen LogP contribution in [0, 0.1) is 5.92 Å². The summed E-state index contributed by atoms with van der Waals surface area (Å²) in [4.78, 5) is 24.0. The van der Waals surface area contributed by atoms with Crippen LogP contribution in [0.5, 0.6) is 0 Å². The van der Waals surface area contributed by atoms with Crippen molar-refractivity contribution in [2.45, 2.75) is 117 Å². The van der Waals surface area contributed by atoms with Crippen molar-refractivity contribution in [3.63, 3.8) is 0 Å². The number of hydrogen-bond acceptors (Lipinski definition) is 3. The molecule has 0 saturated carbocycles. The Hall–Kier alpha value is -1.84. The molecule has 0 aliphatic rings. The Labute approximate surface area is 189 Å². The predicted octanol–water partition coefficient (Wildman–Crippen LogP) is 7.83. The number of carboxylic acid groups (broad SMARTS) is 1. The summed E-state index contributed by atoms with van der Waals surface area (Å²) in [5.41, 5.74) is 0.979. The molecule has 4 nitrogen and oxygen atoms in total. The monoisotopic (exact) mass is 432 g/mol. The Kier molecular flexibility index (Phi) is 13.9. The molecule has 4 heteroatoms. The quantitative estimate of drug-likeness (QED) is 0.201. The van der Waals surface area contributed by atoms with E-state index in [-0.39, 0.29) is 17.2 Å². The van der Waals surface area contributed by atoms with Crippen LogP contribution in [-0.2, 0) is 11.2 Å². The summed E-state index contributed by atoms with van der Waals surface area (Å²) in [6, 6.07) is 5.11. The van der Waals surface area contributed by atoms with E-state index in [1.54, 1.807) is 26.0 Å². The minimum Gasteiger partial charge on any atom is -0.478 e. The van der Waals surface area contributed by atoms with Gasteiger partial charge in [0.05, 0.1) is 17.2 Å². The molecule has 0 radical (unpaired) electrons. The molecule has 0 spiro atoms. The SMILES string of the molecule is CC(C)CCCCCCCCCCCCCc1cccc(C(=O)OC(C)C)c1C(=O)O. The van der Waals surface area contributed by atoms with E-state index < -0.39 is 11.9 Å². The molecular weight excluding hydrogens is 388 g/mol. The average molecular weight is 433 g/mol. The summed E-state index contributed by atoms with van der Waals surface area (Å²) in [5, 5.41) is 9.64. The third kappa shape index (κ3) is 11.9. The summed E-state index contributed by atoms with van der Waals surface area (Å²) < 4.78 is 5.21. The first-order valence-corrected chi connectivity index (χ1v) is 12.4. The van der Waals surface area contributed by atoms with E-state index in [0.717, 1.165) is 24.3 Å². The molecule has 0 saturated heterocycles. The smallest absolute Gasteiger partial charge is 0.339 e. The molecule has 0 bridgehead atoms. The van der Waals surface area contributed by atoms with Gasteiger partial charge >= 0.3 is 11.9 Å². The maximum Gasteiger partial charge on any atom is 0.339 e. The second-order valence-electron chi connectivity index (χ2n) is 9.42. The van der Waals surface area contributed by atoms with Gasteiger partial charge < -0.3 is 9.84 Å². The van der Waals surface area contributed by atoms with Crippen molar-refractivity contribution in [2.75, 3.05) is 0 Å². The first kappa shape index (κ1) is 27.2. The molecule has 1 aromatic rings. The van der Waals surface area contributed by atoms with Crippen molar-refractivity contribution in [2.24, 2.45) is 5.92 Å². The molecule has 0 aliphatic carbocycles. The van der Waals surface area contributed by atoms with Gasteiger partial charge in [0.2, 0.25) is 0 Å². The molecule has 176 valence electrons. The highest BCUT2D eigenvalue weighted by Gasteiger charge is 2.21. The number of carboxylic acids is 1. The van der Waals surface area contributed by atoms with Gasteiger partial charge in [0.25, 0.3) is 0 Å². The van der Waals surface area contributed by atoms with Crippen LogP contribution in [0.25, 0.3) is 0 Å². The third-order valence-electron chi connectivity index (χ3n) is 5.65. The molecular formula is C27H44O4. The van der Waals surface area contributed by atoms with E-state index in [1.807, 2.05) is 6.07 Å². The standard InChI is InChI=1S/C27H44O4/c1-21(2)17-14-12-10-8-6-5-7-9-11-13-15-18-23-19-16-20-24(25(23)26(28)29)27(30)31-22(3)4/h16,19-22H,5-15,17-18H2,1-4H3,(H,28,29). The first-order chi connectivity index (χ1) is 14.8. The predicted molar refractivity (Wildman–Crippen MR) is 128 cm³/mol. The van der Waals surface area contributed by atoms with Crippen molar-refractivity contribution in [3.8, 4) is 0 Å². The second-order valence-corrected chi connectivity index (χ2v) is 9.42. The number of hydrogen-bond donors (Lipinski definition) is 1. The van der Waals surface area contributed by atoms with Crippen molar-refractivity contribution >= 4 is 11.9 Å². The molecule has 0 aromatic heterocycles. The average Bonchev–Trinajstić information content (AvgIpc) is 2.70.